The van der Waals surface area contributed by atoms with E-state index < -0.39 is 0 Å². The van der Waals surface area contributed by atoms with Crippen molar-refractivity contribution in [3.05, 3.63) is 0 Å². The average molecular weight is 220 g/mol. The molecule has 0 amide bonds. The molecule has 0 aliphatic heterocycles. The molecule has 0 aromatic rings. The molecular formula is C9H18O2P2. The van der Waals surface area contributed by atoms with Gasteiger partial charge in [-0.15, -0.1) is 0 Å². The molecule has 0 N–H and O–H groups in total. The highest BCUT2D eigenvalue weighted by Gasteiger charge is 2.58. The SMILES string of the molecule is C.C1CC2C1C1CCC21.O=P.O=P. The number of fused-ring (bicyclic) bond motifs is 4. The largest absolute Gasteiger partial charge is 0.279 e. The van der Waals surface area contributed by atoms with E-state index in [4.69, 9.17) is 9.13 Å². The highest BCUT2D eigenvalue weighted by Crippen LogP contribution is 2.66. The first-order valence-corrected chi connectivity index (χ1v) is 5.19. The Balaban J connectivity index is 0.000000262. The Bertz CT molecular complexity index is 124. The Morgan fingerprint density at radius 3 is 0.846 bits per heavy atom. The predicted molar refractivity (Wildman–Crippen MR) is 57.2 cm³/mol. The summed E-state index contributed by atoms with van der Waals surface area (Å²) in [6, 6.07) is 0. The van der Waals surface area contributed by atoms with Crippen molar-refractivity contribution in [3.8, 4) is 0 Å². The first-order valence-electron chi connectivity index (χ1n) is 4.37. The molecule has 0 radical (unpaired) electrons. The summed E-state index contributed by atoms with van der Waals surface area (Å²) in [5.41, 5.74) is 0. The lowest BCUT2D eigenvalue weighted by molar-refractivity contribution is -0.165. The van der Waals surface area contributed by atoms with Gasteiger partial charge in [0.05, 0.1) is 0 Å². The summed E-state index contributed by atoms with van der Waals surface area (Å²) in [6.45, 7) is 0. The molecule has 0 saturated heterocycles. The van der Waals surface area contributed by atoms with Crippen molar-refractivity contribution >= 4 is 18.2 Å². The Morgan fingerprint density at radius 2 is 0.769 bits per heavy atom. The van der Waals surface area contributed by atoms with Gasteiger partial charge in [0.1, 0.15) is 18.2 Å². The molecule has 3 saturated carbocycles. The van der Waals surface area contributed by atoms with E-state index in [1.165, 1.54) is 23.7 Å². The van der Waals surface area contributed by atoms with Gasteiger partial charge in [0.2, 0.25) is 0 Å². The van der Waals surface area contributed by atoms with E-state index in [1.54, 1.807) is 43.9 Å². The van der Waals surface area contributed by atoms with E-state index in [-0.39, 0.29) is 7.43 Å². The first-order chi connectivity index (χ1) is 5.97. The molecule has 0 unspecified atom stereocenters. The zero-order chi connectivity index (χ0) is 9.14. The fourth-order valence-corrected chi connectivity index (χ4v) is 3.08. The Hall–Kier alpha value is 0.200. The predicted octanol–water partition coefficient (Wildman–Crippen LogP) is 3.64. The molecule has 0 atom stereocenters. The van der Waals surface area contributed by atoms with Crippen LogP contribution >= 0.6 is 18.2 Å². The normalized spacial score (nSPS) is 41.2. The molecule has 13 heavy (non-hydrogen) atoms. The fraction of sp³-hybridized carbons (Fsp3) is 1.00. The second kappa shape index (κ2) is 5.83. The van der Waals surface area contributed by atoms with Crippen molar-refractivity contribution in [2.45, 2.75) is 33.1 Å². The van der Waals surface area contributed by atoms with Gasteiger partial charge in [-0.1, -0.05) is 7.43 Å². The minimum Gasteiger partial charge on any atom is -0.279 e. The molecule has 3 aliphatic rings. The van der Waals surface area contributed by atoms with Crippen LogP contribution in [0.2, 0.25) is 0 Å². The second-order valence-corrected chi connectivity index (χ2v) is 3.81. The standard InChI is InChI=1S/C8H12.CH4.2HOP/c1-2-6-5(1)7-3-4-8(6)7;;2*1-2/h5-8H,1-4H2;1H4;2*2H. The molecule has 0 aromatic heterocycles. The highest BCUT2D eigenvalue weighted by atomic mass is 31.0. The molecule has 3 aliphatic carbocycles. The Morgan fingerprint density at radius 1 is 0.615 bits per heavy atom. The van der Waals surface area contributed by atoms with Crippen LogP contribution in [0.1, 0.15) is 33.1 Å². The molecule has 0 spiro atoms. The summed E-state index contributed by atoms with van der Waals surface area (Å²) in [5.74, 6) is 4.98. The summed E-state index contributed by atoms with van der Waals surface area (Å²) in [5, 5.41) is 0. The lowest BCUT2D eigenvalue weighted by atomic mass is 9.39. The molecule has 76 valence electrons. The van der Waals surface area contributed by atoms with E-state index in [0.717, 1.165) is 0 Å². The molecule has 0 bridgehead atoms. The van der Waals surface area contributed by atoms with Crippen LogP contribution < -0.4 is 0 Å². The van der Waals surface area contributed by atoms with Crippen molar-refractivity contribution in [1.29, 1.82) is 0 Å². The van der Waals surface area contributed by atoms with Crippen LogP contribution in [0.25, 0.3) is 0 Å². The van der Waals surface area contributed by atoms with Crippen molar-refractivity contribution in [1.82, 2.24) is 0 Å². The minimum atomic E-state index is 0. The molecule has 0 aromatic carbocycles. The van der Waals surface area contributed by atoms with E-state index >= 15 is 0 Å². The third-order valence-corrected chi connectivity index (χ3v) is 3.87. The third-order valence-electron chi connectivity index (χ3n) is 3.87. The topological polar surface area (TPSA) is 34.1 Å². The van der Waals surface area contributed by atoms with Crippen LogP contribution in [-0.2, 0) is 9.13 Å². The zero-order valence-electron chi connectivity index (χ0n) is 6.95. The van der Waals surface area contributed by atoms with Crippen molar-refractivity contribution in [2.75, 3.05) is 0 Å². The Kier molecular flexibility index (Phi) is 5.92. The van der Waals surface area contributed by atoms with Crippen molar-refractivity contribution in [2.24, 2.45) is 23.7 Å². The molecule has 3 rings (SSSR count). The zero-order valence-corrected chi connectivity index (χ0v) is 8.95. The molecule has 2 nitrogen and oxygen atoms in total. The fourth-order valence-electron chi connectivity index (χ4n) is 3.08. The van der Waals surface area contributed by atoms with E-state index in [0.29, 0.717) is 0 Å². The molecular weight excluding hydrogens is 202 g/mol. The van der Waals surface area contributed by atoms with E-state index in [9.17, 15) is 0 Å². The van der Waals surface area contributed by atoms with Crippen LogP contribution in [0.5, 0.6) is 0 Å². The van der Waals surface area contributed by atoms with Crippen LogP contribution in [0, 0.1) is 23.7 Å². The van der Waals surface area contributed by atoms with Gasteiger partial charge in [-0.3, -0.25) is 9.13 Å². The summed E-state index contributed by atoms with van der Waals surface area (Å²) < 4.78 is 16.1. The maximum atomic E-state index is 8.06. The summed E-state index contributed by atoms with van der Waals surface area (Å²) in [6.07, 6.45) is 6.36. The van der Waals surface area contributed by atoms with Gasteiger partial charge in [0.25, 0.3) is 0 Å². The van der Waals surface area contributed by atoms with Crippen LogP contribution in [-0.4, -0.2) is 0 Å². The van der Waals surface area contributed by atoms with E-state index in [1.807, 2.05) is 0 Å². The smallest absolute Gasteiger partial charge is 0.138 e. The lowest BCUT2D eigenvalue weighted by Gasteiger charge is -2.66. The number of rotatable bonds is 0. The first kappa shape index (κ1) is 13.2. The van der Waals surface area contributed by atoms with Gasteiger partial charge >= 0.3 is 0 Å². The van der Waals surface area contributed by atoms with Crippen molar-refractivity contribution in [3.63, 3.8) is 0 Å². The summed E-state index contributed by atoms with van der Waals surface area (Å²) in [4.78, 5) is 0. The average Bonchev–Trinajstić information content (AvgIpc) is 2.13. The molecule has 4 heteroatoms. The lowest BCUT2D eigenvalue weighted by Crippen LogP contribution is -2.58. The van der Waals surface area contributed by atoms with Gasteiger partial charge in [-0.25, -0.2) is 0 Å². The van der Waals surface area contributed by atoms with Crippen LogP contribution in [0.15, 0.2) is 0 Å². The maximum absolute atomic E-state index is 8.06. The minimum absolute atomic E-state index is 0. The monoisotopic (exact) mass is 220 g/mol. The maximum Gasteiger partial charge on any atom is 0.138 e. The Labute approximate surface area is 84.7 Å². The molecule has 0 heterocycles. The second-order valence-electron chi connectivity index (χ2n) is 3.81. The van der Waals surface area contributed by atoms with Crippen molar-refractivity contribution < 1.29 is 9.13 Å². The van der Waals surface area contributed by atoms with Gasteiger partial charge in [-0.05, 0) is 49.4 Å². The third kappa shape index (κ3) is 1.85. The molecule has 3 fully saturated rings. The highest BCUT2D eigenvalue weighted by molar-refractivity contribution is 7.00. The van der Waals surface area contributed by atoms with Gasteiger partial charge in [0.15, 0.2) is 0 Å². The summed E-state index contributed by atoms with van der Waals surface area (Å²) >= 11 is 0. The van der Waals surface area contributed by atoms with Gasteiger partial charge in [0, 0.05) is 0 Å². The number of hydrogen-bond acceptors (Lipinski definition) is 2. The number of hydrogen-bond donors (Lipinski definition) is 0. The van der Waals surface area contributed by atoms with Crippen LogP contribution in [0.3, 0.4) is 0 Å². The van der Waals surface area contributed by atoms with Gasteiger partial charge < -0.3 is 0 Å². The summed E-state index contributed by atoms with van der Waals surface area (Å²) in [7, 11) is 3.44. The quantitative estimate of drug-likeness (QED) is 0.584. The van der Waals surface area contributed by atoms with E-state index in [2.05, 4.69) is 0 Å². The van der Waals surface area contributed by atoms with Gasteiger partial charge in [-0.2, -0.15) is 0 Å². The van der Waals surface area contributed by atoms with Crippen LogP contribution in [0.4, 0.5) is 0 Å².